The van der Waals surface area contributed by atoms with E-state index in [4.69, 9.17) is 4.74 Å². The monoisotopic (exact) mass is 329 g/mol. The molecule has 6 nitrogen and oxygen atoms in total. The lowest BCUT2D eigenvalue weighted by Gasteiger charge is -2.28. The van der Waals surface area contributed by atoms with E-state index >= 15 is 0 Å². The first-order valence-corrected chi connectivity index (χ1v) is 9.55. The SMILES string of the molecule is CCCN(CC1CCCCO1)S(=O)(=O)c1cnc(C(C)C)[nH]1. The van der Waals surface area contributed by atoms with Crippen LogP contribution in [0.15, 0.2) is 11.2 Å². The van der Waals surface area contributed by atoms with Gasteiger partial charge in [-0.2, -0.15) is 4.31 Å². The Balaban J connectivity index is 2.16. The van der Waals surface area contributed by atoms with Gasteiger partial charge in [0.05, 0.1) is 12.3 Å². The molecule has 0 amide bonds. The van der Waals surface area contributed by atoms with Gasteiger partial charge in [0, 0.05) is 25.6 Å². The normalized spacial score (nSPS) is 20.0. The average Bonchev–Trinajstić information content (AvgIpc) is 2.99. The lowest BCUT2D eigenvalue weighted by molar-refractivity contribution is 0.00621. The summed E-state index contributed by atoms with van der Waals surface area (Å²) in [6.45, 7) is 7.59. The Labute approximate surface area is 133 Å². The van der Waals surface area contributed by atoms with Crippen molar-refractivity contribution in [2.75, 3.05) is 19.7 Å². The number of aromatic nitrogens is 2. The molecule has 2 heterocycles. The fourth-order valence-corrected chi connectivity index (χ4v) is 4.10. The van der Waals surface area contributed by atoms with Crippen LogP contribution in [0.4, 0.5) is 0 Å². The smallest absolute Gasteiger partial charge is 0.260 e. The van der Waals surface area contributed by atoms with Crippen molar-refractivity contribution in [2.45, 2.75) is 63.5 Å². The number of rotatable bonds is 7. The summed E-state index contributed by atoms with van der Waals surface area (Å²) in [6, 6.07) is 0. The fourth-order valence-electron chi connectivity index (χ4n) is 2.62. The average molecular weight is 329 g/mol. The maximum atomic E-state index is 12.8. The second-order valence-corrected chi connectivity index (χ2v) is 8.05. The van der Waals surface area contributed by atoms with E-state index in [1.54, 1.807) is 0 Å². The van der Waals surface area contributed by atoms with E-state index < -0.39 is 10.0 Å². The Hall–Kier alpha value is -0.920. The highest BCUT2D eigenvalue weighted by atomic mass is 32.2. The van der Waals surface area contributed by atoms with Crippen LogP contribution < -0.4 is 0 Å². The highest BCUT2D eigenvalue weighted by Crippen LogP contribution is 2.20. The maximum Gasteiger partial charge on any atom is 0.260 e. The molecule has 1 aliphatic heterocycles. The lowest BCUT2D eigenvalue weighted by atomic mass is 10.1. The van der Waals surface area contributed by atoms with E-state index in [-0.39, 0.29) is 17.0 Å². The van der Waals surface area contributed by atoms with Gasteiger partial charge in [0.15, 0.2) is 5.03 Å². The summed E-state index contributed by atoms with van der Waals surface area (Å²) in [6.07, 6.45) is 5.30. The molecule has 0 bridgehead atoms. The fraction of sp³-hybridized carbons (Fsp3) is 0.800. The number of aromatic amines is 1. The van der Waals surface area contributed by atoms with Gasteiger partial charge in [-0.3, -0.25) is 0 Å². The summed E-state index contributed by atoms with van der Waals surface area (Å²) in [5, 5.41) is 0.181. The molecular weight excluding hydrogens is 302 g/mol. The standard InChI is InChI=1S/C15H27N3O3S/c1-4-8-18(11-13-7-5-6-9-21-13)22(19,20)14-10-16-15(17-14)12(2)3/h10,12-13H,4-9,11H2,1-3H3,(H,16,17). The van der Waals surface area contributed by atoms with Crippen molar-refractivity contribution in [1.29, 1.82) is 0 Å². The first-order valence-electron chi connectivity index (χ1n) is 8.11. The zero-order valence-electron chi connectivity index (χ0n) is 13.7. The predicted octanol–water partition coefficient (Wildman–Crippen LogP) is 2.50. The van der Waals surface area contributed by atoms with E-state index in [0.29, 0.717) is 18.9 Å². The summed E-state index contributed by atoms with van der Waals surface area (Å²) in [7, 11) is -3.54. The number of ether oxygens (including phenoxy) is 1. The molecule has 1 aromatic rings. The molecule has 1 aliphatic rings. The van der Waals surface area contributed by atoms with Crippen LogP contribution in [0.1, 0.15) is 58.2 Å². The summed E-state index contributed by atoms with van der Waals surface area (Å²) in [5.74, 6) is 0.870. The van der Waals surface area contributed by atoms with Crippen molar-refractivity contribution in [3.8, 4) is 0 Å². The van der Waals surface area contributed by atoms with E-state index in [2.05, 4.69) is 9.97 Å². The van der Waals surface area contributed by atoms with E-state index in [1.807, 2.05) is 20.8 Å². The maximum absolute atomic E-state index is 12.8. The number of hydrogen-bond donors (Lipinski definition) is 1. The van der Waals surface area contributed by atoms with Crippen LogP contribution in [0.3, 0.4) is 0 Å². The zero-order valence-corrected chi connectivity index (χ0v) is 14.5. The van der Waals surface area contributed by atoms with Crippen molar-refractivity contribution in [3.05, 3.63) is 12.0 Å². The van der Waals surface area contributed by atoms with E-state index in [0.717, 1.165) is 32.3 Å². The molecule has 1 aromatic heterocycles. The molecular formula is C15H27N3O3S. The van der Waals surface area contributed by atoms with Crippen molar-refractivity contribution >= 4 is 10.0 Å². The summed E-state index contributed by atoms with van der Waals surface area (Å²) in [4.78, 5) is 7.13. The molecule has 126 valence electrons. The Morgan fingerprint density at radius 1 is 1.45 bits per heavy atom. The van der Waals surface area contributed by atoms with Gasteiger partial charge in [-0.05, 0) is 25.7 Å². The number of hydrogen-bond acceptors (Lipinski definition) is 4. The van der Waals surface area contributed by atoms with Crippen molar-refractivity contribution < 1.29 is 13.2 Å². The minimum absolute atomic E-state index is 0.00238. The van der Waals surface area contributed by atoms with Crippen LogP contribution in [0.25, 0.3) is 0 Å². The molecule has 1 unspecified atom stereocenters. The minimum atomic E-state index is -3.54. The Kier molecular flexibility index (Phi) is 6.00. The second kappa shape index (κ2) is 7.57. The van der Waals surface area contributed by atoms with Crippen LogP contribution >= 0.6 is 0 Å². The lowest BCUT2D eigenvalue weighted by Crippen LogP contribution is -2.40. The van der Waals surface area contributed by atoms with Gasteiger partial charge < -0.3 is 9.72 Å². The van der Waals surface area contributed by atoms with E-state index in [1.165, 1.54) is 10.5 Å². The summed E-state index contributed by atoms with van der Waals surface area (Å²) < 4.78 is 32.9. The van der Waals surface area contributed by atoms with Gasteiger partial charge in [0.1, 0.15) is 5.82 Å². The second-order valence-electron chi connectivity index (χ2n) is 6.14. The zero-order chi connectivity index (χ0) is 16.2. The summed E-state index contributed by atoms with van der Waals surface area (Å²) >= 11 is 0. The molecule has 1 saturated heterocycles. The topological polar surface area (TPSA) is 75.3 Å². The minimum Gasteiger partial charge on any atom is -0.377 e. The van der Waals surface area contributed by atoms with Crippen LogP contribution in [0, 0.1) is 0 Å². The van der Waals surface area contributed by atoms with Crippen LogP contribution in [0.2, 0.25) is 0 Å². The largest absolute Gasteiger partial charge is 0.377 e. The van der Waals surface area contributed by atoms with Gasteiger partial charge in [-0.25, -0.2) is 13.4 Å². The Morgan fingerprint density at radius 2 is 2.23 bits per heavy atom. The van der Waals surface area contributed by atoms with Crippen LogP contribution in [-0.2, 0) is 14.8 Å². The summed E-state index contributed by atoms with van der Waals surface area (Å²) in [5.41, 5.74) is 0. The molecule has 0 saturated carbocycles. The third-order valence-electron chi connectivity index (χ3n) is 3.89. The molecule has 7 heteroatoms. The van der Waals surface area contributed by atoms with E-state index in [9.17, 15) is 8.42 Å². The van der Waals surface area contributed by atoms with Gasteiger partial charge in [-0.1, -0.05) is 20.8 Å². The molecule has 0 spiro atoms. The molecule has 1 atom stereocenters. The number of nitrogens with one attached hydrogen (secondary N) is 1. The molecule has 0 aliphatic carbocycles. The Morgan fingerprint density at radius 3 is 2.77 bits per heavy atom. The van der Waals surface area contributed by atoms with Crippen molar-refractivity contribution in [1.82, 2.24) is 14.3 Å². The van der Waals surface area contributed by atoms with Gasteiger partial charge >= 0.3 is 0 Å². The molecule has 2 rings (SSSR count). The van der Waals surface area contributed by atoms with Crippen LogP contribution in [0.5, 0.6) is 0 Å². The third-order valence-corrected chi connectivity index (χ3v) is 5.67. The highest BCUT2D eigenvalue weighted by Gasteiger charge is 2.29. The molecule has 1 N–H and O–H groups in total. The van der Waals surface area contributed by atoms with Crippen molar-refractivity contribution in [2.24, 2.45) is 0 Å². The number of H-pyrrole nitrogens is 1. The molecule has 1 fully saturated rings. The number of sulfonamides is 1. The number of nitrogens with zero attached hydrogens (tertiary/aromatic N) is 2. The quantitative estimate of drug-likeness (QED) is 0.834. The third kappa shape index (κ3) is 4.08. The molecule has 22 heavy (non-hydrogen) atoms. The molecule has 0 radical (unpaired) electrons. The highest BCUT2D eigenvalue weighted by molar-refractivity contribution is 7.89. The van der Waals surface area contributed by atoms with Crippen molar-refractivity contribution in [3.63, 3.8) is 0 Å². The number of imidazole rings is 1. The van der Waals surface area contributed by atoms with Crippen LogP contribution in [-0.4, -0.2) is 48.5 Å². The molecule has 0 aromatic carbocycles. The first kappa shape index (κ1) is 17.4. The van der Waals surface area contributed by atoms with Gasteiger partial charge in [-0.15, -0.1) is 0 Å². The Bertz CT molecular complexity index is 562. The predicted molar refractivity (Wildman–Crippen MR) is 85.3 cm³/mol. The first-order chi connectivity index (χ1) is 10.4. The van der Waals surface area contributed by atoms with Gasteiger partial charge in [0.2, 0.25) is 0 Å². The van der Waals surface area contributed by atoms with Gasteiger partial charge in [0.25, 0.3) is 10.0 Å².